The lowest BCUT2D eigenvalue weighted by atomic mass is 10.2. The van der Waals surface area contributed by atoms with E-state index in [4.69, 9.17) is 11.6 Å². The van der Waals surface area contributed by atoms with Crippen LogP contribution in [-0.2, 0) is 4.79 Å². The largest absolute Gasteiger partial charge is 0.312 e. The van der Waals surface area contributed by atoms with Gasteiger partial charge in [-0.05, 0) is 24.1 Å². The SMILES string of the molecule is O=C1CC(CBr)CN1c1ccc2nc(Cl)sc2c1. The maximum Gasteiger partial charge on any atom is 0.227 e. The van der Waals surface area contributed by atoms with Crippen LogP contribution in [0.25, 0.3) is 10.2 Å². The van der Waals surface area contributed by atoms with E-state index >= 15 is 0 Å². The quantitative estimate of drug-likeness (QED) is 0.778. The number of fused-ring (bicyclic) bond motifs is 1. The lowest BCUT2D eigenvalue weighted by Crippen LogP contribution is -2.24. The molecule has 2 heterocycles. The average Bonchev–Trinajstić information content (AvgIpc) is 2.89. The zero-order chi connectivity index (χ0) is 12.7. The van der Waals surface area contributed by atoms with Crippen molar-refractivity contribution in [2.45, 2.75) is 6.42 Å². The second-order valence-electron chi connectivity index (χ2n) is 4.35. The fraction of sp³-hybridized carbons (Fsp3) is 0.333. The summed E-state index contributed by atoms with van der Waals surface area (Å²) in [6, 6.07) is 5.85. The summed E-state index contributed by atoms with van der Waals surface area (Å²) in [7, 11) is 0. The van der Waals surface area contributed by atoms with Crippen molar-refractivity contribution in [2.75, 3.05) is 16.8 Å². The molecule has 0 spiro atoms. The summed E-state index contributed by atoms with van der Waals surface area (Å²) >= 11 is 10.8. The Balaban J connectivity index is 1.96. The first-order valence-corrected chi connectivity index (χ1v) is 7.91. The van der Waals surface area contributed by atoms with Crippen molar-refractivity contribution in [3.05, 3.63) is 22.7 Å². The number of hydrogen-bond donors (Lipinski definition) is 0. The Morgan fingerprint density at radius 2 is 2.39 bits per heavy atom. The van der Waals surface area contributed by atoms with Gasteiger partial charge in [-0.25, -0.2) is 4.98 Å². The Morgan fingerprint density at radius 1 is 1.56 bits per heavy atom. The van der Waals surface area contributed by atoms with Gasteiger partial charge in [-0.1, -0.05) is 27.5 Å². The summed E-state index contributed by atoms with van der Waals surface area (Å²) in [4.78, 5) is 18.0. The monoisotopic (exact) mass is 344 g/mol. The molecule has 0 radical (unpaired) electrons. The molecule has 1 unspecified atom stereocenters. The lowest BCUT2D eigenvalue weighted by Gasteiger charge is -2.16. The summed E-state index contributed by atoms with van der Waals surface area (Å²) in [5.74, 6) is 0.590. The molecule has 2 aromatic rings. The van der Waals surface area contributed by atoms with E-state index in [9.17, 15) is 4.79 Å². The van der Waals surface area contributed by atoms with E-state index in [2.05, 4.69) is 20.9 Å². The minimum Gasteiger partial charge on any atom is -0.312 e. The van der Waals surface area contributed by atoms with Crippen LogP contribution in [0.5, 0.6) is 0 Å². The Hall–Kier alpha value is -0.650. The standard InChI is InChI=1S/C12H10BrClN2OS/c13-5-7-3-11(17)16(6-7)8-1-2-9-10(4-8)18-12(14)15-9/h1-2,4,7H,3,5-6H2. The highest BCUT2D eigenvalue weighted by Crippen LogP contribution is 2.32. The van der Waals surface area contributed by atoms with Gasteiger partial charge in [-0.15, -0.1) is 11.3 Å². The molecule has 0 bridgehead atoms. The lowest BCUT2D eigenvalue weighted by molar-refractivity contribution is -0.117. The van der Waals surface area contributed by atoms with Gasteiger partial charge < -0.3 is 4.90 Å². The molecular weight excluding hydrogens is 336 g/mol. The molecule has 1 aliphatic heterocycles. The number of carbonyl (C=O) groups is 1. The molecule has 1 atom stereocenters. The molecular formula is C12H10BrClN2OS. The number of nitrogens with zero attached hydrogens (tertiary/aromatic N) is 2. The fourth-order valence-electron chi connectivity index (χ4n) is 2.19. The average molecular weight is 346 g/mol. The minimum absolute atomic E-state index is 0.189. The maximum atomic E-state index is 12.0. The number of amides is 1. The van der Waals surface area contributed by atoms with Gasteiger partial charge >= 0.3 is 0 Å². The molecule has 1 saturated heterocycles. The first-order chi connectivity index (χ1) is 8.67. The number of aromatic nitrogens is 1. The number of benzene rings is 1. The second-order valence-corrected chi connectivity index (χ2v) is 6.61. The highest BCUT2D eigenvalue weighted by atomic mass is 79.9. The van der Waals surface area contributed by atoms with E-state index < -0.39 is 0 Å². The molecule has 1 aliphatic rings. The predicted octanol–water partition coefficient (Wildman–Crippen LogP) is 3.70. The van der Waals surface area contributed by atoms with Crippen molar-refractivity contribution in [3.63, 3.8) is 0 Å². The second kappa shape index (κ2) is 4.79. The summed E-state index contributed by atoms with van der Waals surface area (Å²) in [5.41, 5.74) is 1.83. The summed E-state index contributed by atoms with van der Waals surface area (Å²) in [5, 5.41) is 0.865. The van der Waals surface area contributed by atoms with Crippen LogP contribution in [0.3, 0.4) is 0 Å². The molecule has 1 aromatic heterocycles. The number of anilines is 1. The molecule has 1 amide bonds. The van der Waals surface area contributed by atoms with Crippen molar-refractivity contribution in [2.24, 2.45) is 5.92 Å². The molecule has 0 saturated carbocycles. The highest BCUT2D eigenvalue weighted by molar-refractivity contribution is 9.09. The molecule has 18 heavy (non-hydrogen) atoms. The Morgan fingerprint density at radius 3 is 3.11 bits per heavy atom. The molecule has 94 valence electrons. The molecule has 0 N–H and O–H groups in total. The van der Waals surface area contributed by atoms with Crippen LogP contribution in [0, 0.1) is 5.92 Å². The van der Waals surface area contributed by atoms with Gasteiger partial charge in [0.05, 0.1) is 10.2 Å². The van der Waals surface area contributed by atoms with Crippen LogP contribution < -0.4 is 4.90 Å². The van der Waals surface area contributed by atoms with E-state index in [1.165, 1.54) is 11.3 Å². The smallest absolute Gasteiger partial charge is 0.227 e. The zero-order valence-corrected chi connectivity index (χ0v) is 12.6. The van der Waals surface area contributed by atoms with Crippen molar-refractivity contribution >= 4 is 60.7 Å². The van der Waals surface area contributed by atoms with Gasteiger partial charge in [-0.2, -0.15) is 0 Å². The van der Waals surface area contributed by atoms with Crippen molar-refractivity contribution in [1.29, 1.82) is 0 Å². The van der Waals surface area contributed by atoms with Crippen molar-refractivity contribution < 1.29 is 4.79 Å². The van der Waals surface area contributed by atoms with E-state index in [1.54, 1.807) is 0 Å². The number of alkyl halides is 1. The highest BCUT2D eigenvalue weighted by Gasteiger charge is 2.29. The molecule has 6 heteroatoms. The van der Waals surface area contributed by atoms with Gasteiger partial charge in [0.15, 0.2) is 4.47 Å². The Labute approximate surface area is 122 Å². The summed E-state index contributed by atoms with van der Waals surface area (Å²) < 4.78 is 1.56. The van der Waals surface area contributed by atoms with E-state index in [0.29, 0.717) is 16.8 Å². The van der Waals surface area contributed by atoms with Crippen molar-refractivity contribution in [3.8, 4) is 0 Å². The number of rotatable bonds is 2. The molecule has 1 fully saturated rings. The number of hydrogen-bond acceptors (Lipinski definition) is 3. The first-order valence-electron chi connectivity index (χ1n) is 5.60. The normalized spacial score (nSPS) is 20.0. The van der Waals surface area contributed by atoms with Gasteiger partial charge in [0.25, 0.3) is 0 Å². The van der Waals surface area contributed by atoms with Gasteiger partial charge in [0, 0.05) is 24.0 Å². The van der Waals surface area contributed by atoms with Crippen LogP contribution in [-0.4, -0.2) is 22.8 Å². The predicted molar refractivity (Wildman–Crippen MR) is 78.9 cm³/mol. The molecule has 3 rings (SSSR count). The topological polar surface area (TPSA) is 33.2 Å². The number of halogens is 2. The van der Waals surface area contributed by atoms with Gasteiger partial charge in [0.2, 0.25) is 5.91 Å². The summed E-state index contributed by atoms with van der Waals surface area (Å²) in [6.45, 7) is 0.780. The van der Waals surface area contributed by atoms with Crippen LogP contribution in [0.4, 0.5) is 5.69 Å². The first kappa shape index (κ1) is 12.4. The van der Waals surface area contributed by atoms with E-state index in [0.717, 1.165) is 27.8 Å². The Kier molecular flexibility index (Phi) is 3.30. The van der Waals surface area contributed by atoms with E-state index in [-0.39, 0.29) is 5.91 Å². The van der Waals surface area contributed by atoms with Crippen LogP contribution in [0.15, 0.2) is 18.2 Å². The third-order valence-corrected chi connectivity index (χ3v) is 5.12. The molecule has 3 nitrogen and oxygen atoms in total. The van der Waals surface area contributed by atoms with Crippen molar-refractivity contribution in [1.82, 2.24) is 4.98 Å². The van der Waals surface area contributed by atoms with Crippen LogP contribution >= 0.6 is 38.9 Å². The third-order valence-electron chi connectivity index (χ3n) is 3.08. The number of thiazole rings is 1. The minimum atomic E-state index is 0.189. The van der Waals surface area contributed by atoms with Gasteiger partial charge in [-0.3, -0.25) is 4.79 Å². The van der Waals surface area contributed by atoms with E-state index in [1.807, 2.05) is 23.1 Å². The van der Waals surface area contributed by atoms with Crippen LogP contribution in [0.2, 0.25) is 4.47 Å². The maximum absolute atomic E-state index is 12.0. The fourth-order valence-corrected chi connectivity index (χ4v) is 3.69. The Bertz CT molecular complexity index is 615. The molecule has 0 aliphatic carbocycles. The van der Waals surface area contributed by atoms with Crippen LogP contribution in [0.1, 0.15) is 6.42 Å². The zero-order valence-electron chi connectivity index (χ0n) is 9.40. The van der Waals surface area contributed by atoms with Gasteiger partial charge in [0.1, 0.15) is 0 Å². The number of carbonyl (C=O) groups excluding carboxylic acids is 1. The molecule has 1 aromatic carbocycles. The summed E-state index contributed by atoms with van der Waals surface area (Å²) in [6.07, 6.45) is 0.618. The third kappa shape index (κ3) is 2.15.